The van der Waals surface area contributed by atoms with Gasteiger partial charge in [-0.25, -0.2) is 0 Å². The summed E-state index contributed by atoms with van der Waals surface area (Å²) in [7, 11) is 0. The van der Waals surface area contributed by atoms with Gasteiger partial charge in [-0.1, -0.05) is 82.9 Å². The van der Waals surface area contributed by atoms with Crippen molar-refractivity contribution < 1.29 is 0 Å². The maximum Gasteiger partial charge on any atom is -0.00586 e. The zero-order valence-corrected chi connectivity index (χ0v) is 16.8. The number of allylic oxidation sites excluding steroid dienone is 11. The largest absolute Gasteiger partial charge is 0.0988 e. The SMILES string of the molecule is C=C/C(=C\C=C/C)C(C)(C)CC1(C)CC(C)C(/C=C\C)=C1/C=C\C. The highest BCUT2D eigenvalue weighted by Crippen LogP contribution is 2.54. The molecule has 0 bridgehead atoms. The molecule has 0 saturated heterocycles. The number of hydrogen-bond acceptors (Lipinski definition) is 0. The van der Waals surface area contributed by atoms with Gasteiger partial charge in [-0.15, -0.1) is 0 Å². The summed E-state index contributed by atoms with van der Waals surface area (Å²) in [4.78, 5) is 0. The maximum atomic E-state index is 4.05. The van der Waals surface area contributed by atoms with Crippen molar-refractivity contribution in [2.45, 2.75) is 61.3 Å². The van der Waals surface area contributed by atoms with E-state index in [1.165, 1.54) is 23.1 Å². The zero-order valence-electron chi connectivity index (χ0n) is 16.8. The van der Waals surface area contributed by atoms with E-state index in [4.69, 9.17) is 0 Å². The lowest BCUT2D eigenvalue weighted by atomic mass is 9.67. The molecule has 24 heavy (non-hydrogen) atoms. The van der Waals surface area contributed by atoms with E-state index in [2.05, 4.69) is 97.6 Å². The molecule has 0 radical (unpaired) electrons. The Balaban J connectivity index is 3.31. The third-order valence-electron chi connectivity index (χ3n) is 5.23. The summed E-state index contributed by atoms with van der Waals surface area (Å²) < 4.78 is 0. The molecule has 2 atom stereocenters. The topological polar surface area (TPSA) is 0 Å². The molecule has 0 heterocycles. The molecule has 1 rings (SSSR count). The van der Waals surface area contributed by atoms with Crippen molar-refractivity contribution in [2.75, 3.05) is 0 Å². The van der Waals surface area contributed by atoms with E-state index in [1.807, 2.05) is 6.08 Å². The molecule has 0 fully saturated rings. The minimum absolute atomic E-state index is 0.0912. The summed E-state index contributed by atoms with van der Waals surface area (Å²) in [6.45, 7) is 19.8. The lowest BCUT2D eigenvalue weighted by Crippen LogP contribution is -2.27. The van der Waals surface area contributed by atoms with Gasteiger partial charge in [-0.05, 0) is 67.1 Å². The first-order valence-electron chi connectivity index (χ1n) is 9.21. The Labute approximate surface area is 150 Å². The van der Waals surface area contributed by atoms with Crippen LogP contribution in [0.5, 0.6) is 0 Å². The first-order valence-corrected chi connectivity index (χ1v) is 9.21. The van der Waals surface area contributed by atoms with Crippen LogP contribution in [-0.4, -0.2) is 0 Å². The molecule has 0 saturated carbocycles. The van der Waals surface area contributed by atoms with Crippen molar-refractivity contribution in [3.05, 3.63) is 71.9 Å². The standard InChI is InChI=1S/C24H36/c1-9-13-16-20(12-4)23(6,7)18-24(8)17-19(5)21(14-10-2)22(24)15-11-3/h9-16,19H,4,17-18H2,1-3,5-8H3/b13-9-,14-10-,15-11-,20-16+. The van der Waals surface area contributed by atoms with Crippen LogP contribution in [0.1, 0.15) is 61.3 Å². The molecular formula is C24H36. The van der Waals surface area contributed by atoms with Crippen LogP contribution in [0.4, 0.5) is 0 Å². The Morgan fingerprint density at radius 1 is 1.17 bits per heavy atom. The Morgan fingerprint density at radius 2 is 1.79 bits per heavy atom. The fourth-order valence-corrected chi connectivity index (χ4v) is 4.42. The number of rotatable bonds is 7. The summed E-state index contributed by atoms with van der Waals surface area (Å²) in [5.41, 5.74) is 4.62. The summed E-state index contributed by atoms with van der Waals surface area (Å²) in [6, 6.07) is 0. The average Bonchev–Trinajstić information content (AvgIpc) is 2.71. The second kappa shape index (κ2) is 8.51. The van der Waals surface area contributed by atoms with Gasteiger partial charge in [0.15, 0.2) is 0 Å². The molecule has 0 aromatic carbocycles. The molecular weight excluding hydrogens is 288 g/mol. The highest BCUT2D eigenvalue weighted by atomic mass is 14.5. The van der Waals surface area contributed by atoms with E-state index in [0.717, 1.165) is 6.42 Å². The summed E-state index contributed by atoms with van der Waals surface area (Å²) >= 11 is 0. The number of hydrogen-bond donors (Lipinski definition) is 0. The Bertz CT molecular complexity index is 590. The van der Waals surface area contributed by atoms with Gasteiger partial charge in [0.2, 0.25) is 0 Å². The van der Waals surface area contributed by atoms with Crippen molar-refractivity contribution in [3.8, 4) is 0 Å². The molecule has 1 aliphatic carbocycles. The molecule has 0 spiro atoms. The van der Waals surface area contributed by atoms with Gasteiger partial charge in [0.05, 0.1) is 0 Å². The summed E-state index contributed by atoms with van der Waals surface area (Å²) in [5.74, 6) is 0.611. The van der Waals surface area contributed by atoms with E-state index in [9.17, 15) is 0 Å². The van der Waals surface area contributed by atoms with Gasteiger partial charge in [-0.3, -0.25) is 0 Å². The van der Waals surface area contributed by atoms with Crippen LogP contribution >= 0.6 is 0 Å². The molecule has 0 heteroatoms. The van der Waals surface area contributed by atoms with Crippen LogP contribution in [0.15, 0.2) is 71.9 Å². The van der Waals surface area contributed by atoms with Gasteiger partial charge >= 0.3 is 0 Å². The molecule has 0 aromatic rings. The van der Waals surface area contributed by atoms with E-state index in [0.29, 0.717) is 5.92 Å². The lowest BCUT2D eigenvalue weighted by Gasteiger charge is -2.37. The fourth-order valence-electron chi connectivity index (χ4n) is 4.42. The first kappa shape index (κ1) is 20.5. The van der Waals surface area contributed by atoms with Crippen LogP contribution in [0.25, 0.3) is 0 Å². The van der Waals surface area contributed by atoms with Gasteiger partial charge in [0, 0.05) is 0 Å². The van der Waals surface area contributed by atoms with Crippen LogP contribution in [0.3, 0.4) is 0 Å². The molecule has 1 aliphatic rings. The molecule has 0 amide bonds. The Morgan fingerprint density at radius 3 is 2.29 bits per heavy atom. The third-order valence-corrected chi connectivity index (χ3v) is 5.23. The van der Waals surface area contributed by atoms with Gasteiger partial charge < -0.3 is 0 Å². The fraction of sp³-hybridized carbons (Fsp3) is 0.500. The van der Waals surface area contributed by atoms with E-state index in [1.54, 1.807) is 0 Å². The van der Waals surface area contributed by atoms with Crippen LogP contribution in [0.2, 0.25) is 0 Å². The molecule has 0 aliphatic heterocycles. The lowest BCUT2D eigenvalue weighted by molar-refractivity contribution is 0.239. The first-order chi connectivity index (χ1) is 11.3. The van der Waals surface area contributed by atoms with Crippen LogP contribution in [0, 0.1) is 16.7 Å². The van der Waals surface area contributed by atoms with E-state index in [-0.39, 0.29) is 10.8 Å². The van der Waals surface area contributed by atoms with Gasteiger partial charge in [0.25, 0.3) is 0 Å². The normalized spacial score (nSPS) is 26.5. The van der Waals surface area contributed by atoms with Crippen molar-refractivity contribution in [1.29, 1.82) is 0 Å². The van der Waals surface area contributed by atoms with Crippen LogP contribution in [-0.2, 0) is 0 Å². The second-order valence-corrected chi connectivity index (χ2v) is 7.95. The minimum Gasteiger partial charge on any atom is -0.0988 e. The summed E-state index contributed by atoms with van der Waals surface area (Å²) in [5, 5.41) is 0. The highest BCUT2D eigenvalue weighted by molar-refractivity contribution is 5.44. The van der Waals surface area contributed by atoms with Crippen molar-refractivity contribution in [1.82, 2.24) is 0 Å². The van der Waals surface area contributed by atoms with Crippen molar-refractivity contribution in [3.63, 3.8) is 0 Å². The molecule has 132 valence electrons. The molecule has 0 nitrogen and oxygen atoms in total. The Kier molecular flexibility index (Phi) is 7.27. The monoisotopic (exact) mass is 324 g/mol. The maximum absolute atomic E-state index is 4.05. The average molecular weight is 325 g/mol. The van der Waals surface area contributed by atoms with Gasteiger partial charge in [0.1, 0.15) is 0 Å². The molecule has 0 N–H and O–H groups in total. The van der Waals surface area contributed by atoms with Gasteiger partial charge in [-0.2, -0.15) is 0 Å². The quantitative estimate of drug-likeness (QED) is 0.423. The minimum atomic E-state index is 0.0912. The van der Waals surface area contributed by atoms with E-state index >= 15 is 0 Å². The molecule has 0 aromatic heterocycles. The Hall–Kier alpha value is -1.56. The second-order valence-electron chi connectivity index (χ2n) is 7.95. The third kappa shape index (κ3) is 4.50. The molecule has 2 unspecified atom stereocenters. The predicted octanol–water partition coefficient (Wildman–Crippen LogP) is 7.59. The highest BCUT2D eigenvalue weighted by Gasteiger charge is 2.42. The smallest absolute Gasteiger partial charge is 0.00586 e. The van der Waals surface area contributed by atoms with Crippen LogP contribution < -0.4 is 0 Å². The summed E-state index contributed by atoms with van der Waals surface area (Å²) in [6.07, 6.45) is 19.8. The van der Waals surface area contributed by atoms with Crippen molar-refractivity contribution in [2.24, 2.45) is 16.7 Å². The van der Waals surface area contributed by atoms with E-state index < -0.39 is 0 Å². The predicted molar refractivity (Wildman–Crippen MR) is 110 cm³/mol. The van der Waals surface area contributed by atoms with Crippen molar-refractivity contribution >= 4 is 0 Å². The zero-order chi connectivity index (χ0) is 18.4.